The lowest BCUT2D eigenvalue weighted by Crippen LogP contribution is -2.29. The van der Waals surface area contributed by atoms with E-state index in [9.17, 15) is 4.79 Å². The number of nitrogens with two attached hydrogens (primary N) is 1. The summed E-state index contributed by atoms with van der Waals surface area (Å²) in [5.41, 5.74) is 8.04. The zero-order valence-corrected chi connectivity index (χ0v) is 16.0. The second kappa shape index (κ2) is 9.90. The van der Waals surface area contributed by atoms with Gasteiger partial charge in [-0.25, -0.2) is 0 Å². The fraction of sp³-hybridized carbons (Fsp3) is 0.364. The highest BCUT2D eigenvalue weighted by Gasteiger charge is 2.13. The van der Waals surface area contributed by atoms with E-state index >= 15 is 0 Å². The molecule has 1 heterocycles. The predicted octanol–water partition coefficient (Wildman–Crippen LogP) is 2.32. The Balaban J connectivity index is 1.42. The largest absolute Gasteiger partial charge is 0.492 e. The van der Waals surface area contributed by atoms with Gasteiger partial charge >= 0.3 is 0 Å². The highest BCUT2D eigenvalue weighted by atomic mass is 16.5. The smallest absolute Gasteiger partial charge is 0.251 e. The monoisotopic (exact) mass is 380 g/mol. The Morgan fingerprint density at radius 3 is 2.61 bits per heavy atom. The van der Waals surface area contributed by atoms with Gasteiger partial charge in [0.15, 0.2) is 0 Å². The van der Waals surface area contributed by atoms with E-state index in [0.29, 0.717) is 30.0 Å². The maximum Gasteiger partial charge on any atom is 0.251 e. The zero-order valence-electron chi connectivity index (χ0n) is 16.0. The van der Waals surface area contributed by atoms with E-state index in [1.165, 1.54) is 18.4 Å². The number of carbonyl (C=O) groups is 1. The van der Waals surface area contributed by atoms with Crippen LogP contribution in [0.3, 0.4) is 0 Å². The first-order valence-electron chi connectivity index (χ1n) is 9.77. The lowest BCUT2D eigenvalue weighted by Gasteiger charge is -2.22. The molecule has 0 unspecified atom stereocenters. The minimum absolute atomic E-state index is 0.00218. The second-order valence-corrected chi connectivity index (χ2v) is 7.14. The number of rotatable bonds is 8. The molecule has 0 aliphatic carbocycles. The predicted molar refractivity (Wildman–Crippen MR) is 111 cm³/mol. The molecule has 0 radical (unpaired) electrons. The molecule has 0 saturated carbocycles. The normalized spacial score (nSPS) is 14.4. The summed E-state index contributed by atoms with van der Waals surface area (Å²) in [5, 5.41) is 13.7. The van der Waals surface area contributed by atoms with Gasteiger partial charge in [0, 0.05) is 11.1 Å². The van der Waals surface area contributed by atoms with Crippen LogP contribution in [0.2, 0.25) is 0 Å². The Morgan fingerprint density at radius 2 is 1.89 bits per heavy atom. The van der Waals surface area contributed by atoms with Crippen LogP contribution in [0.5, 0.6) is 5.75 Å². The van der Waals surface area contributed by atoms with E-state index in [1.54, 1.807) is 24.3 Å². The zero-order chi connectivity index (χ0) is 19.8. The van der Waals surface area contributed by atoms with Gasteiger partial charge in [-0.3, -0.25) is 10.2 Å². The number of nitrogen functional groups attached to an aromatic ring is 1. The van der Waals surface area contributed by atoms with Gasteiger partial charge in [0.1, 0.15) is 18.2 Å². The second-order valence-electron chi connectivity index (χ2n) is 7.14. The van der Waals surface area contributed by atoms with Crippen LogP contribution in [0.25, 0.3) is 0 Å². The molecule has 1 saturated heterocycles. The third-order valence-corrected chi connectivity index (χ3v) is 5.00. The molecular weight excluding hydrogens is 352 g/mol. The first-order valence-corrected chi connectivity index (χ1v) is 9.77. The summed E-state index contributed by atoms with van der Waals surface area (Å²) in [5.74, 6) is 1.26. The number of benzene rings is 2. The molecule has 2 aromatic carbocycles. The molecule has 0 aromatic heterocycles. The quantitative estimate of drug-likeness (QED) is 0.321. The molecule has 0 atom stereocenters. The summed E-state index contributed by atoms with van der Waals surface area (Å²) < 4.78 is 5.61. The lowest BCUT2D eigenvalue weighted by molar-refractivity contribution is 0.0947. The van der Waals surface area contributed by atoms with Crippen molar-refractivity contribution in [1.82, 2.24) is 10.6 Å². The number of piperidine rings is 1. The molecule has 2 aromatic rings. The molecule has 0 spiro atoms. The van der Waals surface area contributed by atoms with Crippen LogP contribution in [0.15, 0.2) is 48.5 Å². The molecule has 1 aliphatic heterocycles. The van der Waals surface area contributed by atoms with Crippen LogP contribution >= 0.6 is 0 Å². The van der Waals surface area contributed by atoms with Gasteiger partial charge in [-0.1, -0.05) is 24.3 Å². The topological polar surface area (TPSA) is 100 Å². The van der Waals surface area contributed by atoms with Crippen molar-refractivity contribution in [1.29, 1.82) is 5.41 Å². The lowest BCUT2D eigenvalue weighted by atomic mass is 9.91. The molecule has 0 bridgehead atoms. The number of carbonyl (C=O) groups excluding carboxylic acids is 1. The number of amides is 1. The Kier molecular flexibility index (Phi) is 7.03. The van der Waals surface area contributed by atoms with E-state index < -0.39 is 0 Å². The molecular formula is C22H28N4O2. The van der Waals surface area contributed by atoms with Crippen LogP contribution in [0.4, 0.5) is 0 Å². The Hall–Kier alpha value is -2.86. The molecule has 28 heavy (non-hydrogen) atoms. The van der Waals surface area contributed by atoms with Crippen LogP contribution in [0, 0.1) is 11.3 Å². The van der Waals surface area contributed by atoms with E-state index in [1.807, 2.05) is 12.1 Å². The average Bonchev–Trinajstić information content (AvgIpc) is 2.72. The van der Waals surface area contributed by atoms with Crippen molar-refractivity contribution in [3.8, 4) is 5.75 Å². The van der Waals surface area contributed by atoms with Gasteiger partial charge in [0.25, 0.3) is 5.91 Å². The van der Waals surface area contributed by atoms with Crippen molar-refractivity contribution in [3.63, 3.8) is 0 Å². The van der Waals surface area contributed by atoms with Gasteiger partial charge in [0.05, 0.1) is 6.54 Å². The standard InChI is InChI=1S/C22H28N4O2/c23-21(24)19-2-1-3-20(15-19)28-13-12-26-22(27)18-6-4-16(5-7-18)14-17-8-10-25-11-9-17/h1-7,15,17,25H,8-14H2,(H3,23,24)(H,26,27). The van der Waals surface area contributed by atoms with Gasteiger partial charge < -0.3 is 21.1 Å². The maximum atomic E-state index is 12.3. The van der Waals surface area contributed by atoms with Crippen molar-refractivity contribution < 1.29 is 9.53 Å². The Morgan fingerprint density at radius 1 is 1.14 bits per heavy atom. The van der Waals surface area contributed by atoms with Gasteiger partial charge in [0.2, 0.25) is 0 Å². The van der Waals surface area contributed by atoms with Crippen molar-refractivity contribution in [3.05, 3.63) is 65.2 Å². The minimum Gasteiger partial charge on any atom is -0.492 e. The molecule has 3 rings (SSSR count). The molecule has 148 valence electrons. The van der Waals surface area contributed by atoms with Crippen molar-refractivity contribution in [2.45, 2.75) is 19.3 Å². The van der Waals surface area contributed by atoms with Gasteiger partial charge in [-0.15, -0.1) is 0 Å². The summed E-state index contributed by atoms with van der Waals surface area (Å²) in [6.45, 7) is 2.96. The molecule has 1 amide bonds. The highest BCUT2D eigenvalue weighted by molar-refractivity contribution is 5.95. The highest BCUT2D eigenvalue weighted by Crippen LogP contribution is 2.18. The fourth-order valence-corrected chi connectivity index (χ4v) is 3.40. The summed E-state index contributed by atoms with van der Waals surface area (Å²) in [6.07, 6.45) is 3.52. The first-order chi connectivity index (χ1) is 13.6. The molecule has 1 fully saturated rings. The number of hydrogen-bond donors (Lipinski definition) is 4. The van der Waals surface area contributed by atoms with E-state index in [0.717, 1.165) is 25.4 Å². The summed E-state index contributed by atoms with van der Waals surface area (Å²) in [6, 6.07) is 15.0. The minimum atomic E-state index is -0.102. The van der Waals surface area contributed by atoms with Gasteiger partial charge in [-0.05, 0) is 68.1 Å². The SMILES string of the molecule is N=C(N)c1cccc(OCCNC(=O)c2ccc(CC3CCNCC3)cc2)c1. The number of ether oxygens (including phenoxy) is 1. The summed E-state index contributed by atoms with van der Waals surface area (Å²) in [4.78, 5) is 12.3. The Labute approximate surface area is 166 Å². The Bertz CT molecular complexity index is 798. The van der Waals surface area contributed by atoms with Crippen molar-refractivity contribution in [2.24, 2.45) is 11.7 Å². The van der Waals surface area contributed by atoms with E-state index in [-0.39, 0.29) is 11.7 Å². The van der Waals surface area contributed by atoms with Crippen LogP contribution < -0.4 is 21.1 Å². The van der Waals surface area contributed by atoms with E-state index in [2.05, 4.69) is 22.8 Å². The molecule has 6 heteroatoms. The number of hydrogen-bond acceptors (Lipinski definition) is 4. The third-order valence-electron chi connectivity index (χ3n) is 5.00. The number of amidine groups is 1. The van der Waals surface area contributed by atoms with Crippen molar-refractivity contribution in [2.75, 3.05) is 26.2 Å². The summed E-state index contributed by atoms with van der Waals surface area (Å²) in [7, 11) is 0. The number of nitrogens with one attached hydrogen (secondary N) is 3. The summed E-state index contributed by atoms with van der Waals surface area (Å²) >= 11 is 0. The first kappa shape index (κ1) is 19.9. The maximum absolute atomic E-state index is 12.3. The third kappa shape index (κ3) is 5.82. The molecule has 6 nitrogen and oxygen atoms in total. The van der Waals surface area contributed by atoms with Gasteiger partial charge in [-0.2, -0.15) is 0 Å². The van der Waals surface area contributed by atoms with Crippen LogP contribution in [-0.2, 0) is 6.42 Å². The van der Waals surface area contributed by atoms with Crippen molar-refractivity contribution >= 4 is 11.7 Å². The average molecular weight is 380 g/mol. The molecule has 5 N–H and O–H groups in total. The van der Waals surface area contributed by atoms with Crippen LogP contribution in [-0.4, -0.2) is 38.0 Å². The fourth-order valence-electron chi connectivity index (χ4n) is 3.40. The van der Waals surface area contributed by atoms with Crippen LogP contribution in [0.1, 0.15) is 34.3 Å². The molecule has 1 aliphatic rings. The van der Waals surface area contributed by atoms with E-state index in [4.69, 9.17) is 15.9 Å².